The molecule has 0 unspecified atom stereocenters. The van der Waals surface area contributed by atoms with Gasteiger partial charge in [0.1, 0.15) is 5.75 Å². The Hall–Kier alpha value is -2.62. The molecule has 2 bridgehead atoms. The van der Waals surface area contributed by atoms with Crippen molar-refractivity contribution in [2.45, 2.75) is 43.6 Å². The Morgan fingerprint density at radius 3 is 2.58 bits per heavy atom. The van der Waals surface area contributed by atoms with Gasteiger partial charge in [0.25, 0.3) is 5.91 Å². The molecule has 1 aromatic carbocycles. The Labute approximate surface area is 145 Å². The Morgan fingerprint density at radius 2 is 2.00 bits per heavy atom. The molecule has 2 fully saturated rings. The van der Waals surface area contributed by atoms with Crippen molar-refractivity contribution in [1.82, 2.24) is 20.8 Å². The SMILES string of the molecule is O=C(N[C@@H]1C[C@H]2CC[C@@H]1N2)c1ccc(Oc2nnc(C(F)(F)F)o2)cc1. The lowest BCUT2D eigenvalue weighted by atomic mass is 9.95. The Kier molecular flexibility index (Phi) is 4.06. The fraction of sp³-hybridized carbons (Fsp3) is 0.438. The van der Waals surface area contributed by atoms with Gasteiger partial charge in [-0.3, -0.25) is 4.79 Å². The van der Waals surface area contributed by atoms with Gasteiger partial charge in [0.15, 0.2) is 0 Å². The van der Waals surface area contributed by atoms with E-state index < -0.39 is 18.1 Å². The second-order valence-electron chi connectivity index (χ2n) is 6.36. The van der Waals surface area contributed by atoms with Crippen molar-refractivity contribution in [3.8, 4) is 11.8 Å². The lowest BCUT2D eigenvalue weighted by Gasteiger charge is -2.21. The summed E-state index contributed by atoms with van der Waals surface area (Å²) < 4.78 is 46.7. The highest BCUT2D eigenvalue weighted by molar-refractivity contribution is 5.94. The first-order chi connectivity index (χ1) is 12.4. The third-order valence-electron chi connectivity index (χ3n) is 4.59. The van der Waals surface area contributed by atoms with Crippen LogP contribution in [0.15, 0.2) is 28.7 Å². The number of hydrogen-bond acceptors (Lipinski definition) is 6. The molecule has 1 amide bonds. The van der Waals surface area contributed by atoms with Crippen molar-refractivity contribution in [3.63, 3.8) is 0 Å². The van der Waals surface area contributed by atoms with Crippen LogP contribution in [0.5, 0.6) is 11.8 Å². The number of alkyl halides is 3. The molecule has 2 aromatic rings. The number of ether oxygens (including phenoxy) is 1. The largest absolute Gasteiger partial charge is 0.470 e. The number of aromatic nitrogens is 2. The highest BCUT2D eigenvalue weighted by Gasteiger charge is 2.40. The van der Waals surface area contributed by atoms with Crippen molar-refractivity contribution < 1.29 is 27.1 Å². The van der Waals surface area contributed by atoms with Crippen molar-refractivity contribution >= 4 is 5.91 Å². The van der Waals surface area contributed by atoms with E-state index in [2.05, 4.69) is 25.2 Å². The zero-order valence-electron chi connectivity index (χ0n) is 13.4. The van der Waals surface area contributed by atoms with E-state index in [0.29, 0.717) is 17.6 Å². The summed E-state index contributed by atoms with van der Waals surface area (Å²) in [4.78, 5) is 12.3. The van der Waals surface area contributed by atoms with Crippen LogP contribution in [0.1, 0.15) is 35.5 Å². The van der Waals surface area contributed by atoms with E-state index in [4.69, 9.17) is 4.74 Å². The average molecular weight is 368 g/mol. The summed E-state index contributed by atoms with van der Waals surface area (Å²) in [6, 6.07) is 6.87. The summed E-state index contributed by atoms with van der Waals surface area (Å²) in [5.41, 5.74) is 0.432. The minimum Gasteiger partial charge on any atom is -0.410 e. The monoisotopic (exact) mass is 368 g/mol. The van der Waals surface area contributed by atoms with E-state index >= 15 is 0 Å². The van der Waals surface area contributed by atoms with E-state index in [1.165, 1.54) is 24.3 Å². The molecule has 1 aromatic heterocycles. The van der Waals surface area contributed by atoms with Crippen LogP contribution in [0.4, 0.5) is 13.2 Å². The van der Waals surface area contributed by atoms with Crippen LogP contribution in [0.3, 0.4) is 0 Å². The predicted molar refractivity (Wildman–Crippen MR) is 81.6 cm³/mol. The van der Waals surface area contributed by atoms with Crippen LogP contribution in [-0.4, -0.2) is 34.2 Å². The summed E-state index contributed by atoms with van der Waals surface area (Å²) in [6.07, 6.45) is -2.22. The number of rotatable bonds is 4. The lowest BCUT2D eigenvalue weighted by molar-refractivity contribution is -0.157. The second kappa shape index (κ2) is 6.27. The number of nitrogens with zero attached hydrogens (tertiary/aromatic N) is 2. The number of halogens is 3. The molecule has 0 radical (unpaired) electrons. The molecule has 2 N–H and O–H groups in total. The van der Waals surface area contributed by atoms with Crippen LogP contribution in [-0.2, 0) is 6.18 Å². The molecule has 0 spiro atoms. The van der Waals surface area contributed by atoms with Gasteiger partial charge in [-0.15, -0.1) is 0 Å². The number of amides is 1. The molecule has 10 heteroatoms. The van der Waals surface area contributed by atoms with E-state index in [-0.39, 0.29) is 17.7 Å². The summed E-state index contributed by atoms with van der Waals surface area (Å²) in [7, 11) is 0. The van der Waals surface area contributed by atoms with Crippen LogP contribution in [0.25, 0.3) is 0 Å². The lowest BCUT2D eigenvalue weighted by Crippen LogP contribution is -2.42. The van der Waals surface area contributed by atoms with Gasteiger partial charge in [-0.25, -0.2) is 0 Å². The number of carbonyl (C=O) groups excluding carboxylic acids is 1. The van der Waals surface area contributed by atoms with E-state index in [1.54, 1.807) is 0 Å². The summed E-state index contributed by atoms with van der Waals surface area (Å²) in [5, 5.41) is 12.5. The van der Waals surface area contributed by atoms with Crippen LogP contribution >= 0.6 is 0 Å². The Balaban J connectivity index is 1.37. The van der Waals surface area contributed by atoms with Crippen molar-refractivity contribution in [2.24, 2.45) is 0 Å². The topological polar surface area (TPSA) is 89.3 Å². The Morgan fingerprint density at radius 1 is 1.23 bits per heavy atom. The maximum atomic E-state index is 12.4. The maximum absolute atomic E-state index is 12.4. The molecule has 4 rings (SSSR count). The first kappa shape index (κ1) is 16.8. The standard InChI is InChI=1S/C16H15F3N4O3/c17-16(18,19)14-22-23-15(26-14)25-10-4-1-8(2-5-10)13(24)21-12-7-9-3-6-11(12)20-9/h1-2,4-5,9,11-12,20H,3,6-7H2,(H,21,24)/t9-,11+,12-/m1/s1. The smallest absolute Gasteiger partial charge is 0.410 e. The van der Waals surface area contributed by atoms with Gasteiger partial charge in [-0.05, 0) is 43.5 Å². The molecular weight excluding hydrogens is 353 g/mol. The molecule has 138 valence electrons. The molecule has 2 saturated heterocycles. The van der Waals surface area contributed by atoms with Gasteiger partial charge in [0, 0.05) is 23.7 Å². The number of carbonyl (C=O) groups is 1. The third-order valence-corrected chi connectivity index (χ3v) is 4.59. The van der Waals surface area contributed by atoms with Gasteiger partial charge >= 0.3 is 18.1 Å². The fourth-order valence-corrected chi connectivity index (χ4v) is 3.38. The molecule has 3 atom stereocenters. The number of fused-ring (bicyclic) bond motifs is 2. The molecule has 7 nitrogen and oxygen atoms in total. The quantitative estimate of drug-likeness (QED) is 0.862. The molecular formula is C16H15F3N4O3. The molecule has 0 aliphatic carbocycles. The van der Waals surface area contributed by atoms with Crippen LogP contribution in [0, 0.1) is 0 Å². The molecule has 3 heterocycles. The van der Waals surface area contributed by atoms with Crippen molar-refractivity contribution in [1.29, 1.82) is 0 Å². The van der Waals surface area contributed by atoms with Gasteiger partial charge in [0.2, 0.25) is 0 Å². The second-order valence-corrected chi connectivity index (χ2v) is 6.36. The first-order valence-corrected chi connectivity index (χ1v) is 8.14. The van der Waals surface area contributed by atoms with E-state index in [9.17, 15) is 18.0 Å². The maximum Gasteiger partial charge on any atom is 0.470 e. The van der Waals surface area contributed by atoms with Crippen LogP contribution in [0.2, 0.25) is 0 Å². The van der Waals surface area contributed by atoms with Gasteiger partial charge < -0.3 is 19.8 Å². The van der Waals surface area contributed by atoms with E-state index in [1.807, 2.05) is 0 Å². The summed E-state index contributed by atoms with van der Waals surface area (Å²) >= 11 is 0. The van der Waals surface area contributed by atoms with Gasteiger partial charge in [0.05, 0.1) is 0 Å². The minimum atomic E-state index is -4.73. The number of nitrogens with one attached hydrogen (secondary N) is 2. The normalized spacial score (nSPS) is 24.7. The van der Waals surface area contributed by atoms with Crippen molar-refractivity contribution in [3.05, 3.63) is 35.7 Å². The number of benzene rings is 1. The van der Waals surface area contributed by atoms with Crippen LogP contribution < -0.4 is 15.4 Å². The highest BCUT2D eigenvalue weighted by atomic mass is 19.4. The number of hydrogen-bond donors (Lipinski definition) is 2. The fourth-order valence-electron chi connectivity index (χ4n) is 3.38. The van der Waals surface area contributed by atoms with Gasteiger partial charge in [-0.2, -0.15) is 13.2 Å². The zero-order valence-corrected chi connectivity index (χ0v) is 13.4. The molecule has 2 aliphatic rings. The predicted octanol–water partition coefficient (Wildman–Crippen LogP) is 2.50. The first-order valence-electron chi connectivity index (χ1n) is 8.14. The minimum absolute atomic E-state index is 0.122. The molecule has 2 aliphatic heterocycles. The zero-order chi connectivity index (χ0) is 18.3. The highest BCUT2D eigenvalue weighted by Crippen LogP contribution is 2.31. The Bertz CT molecular complexity index is 806. The molecule has 26 heavy (non-hydrogen) atoms. The van der Waals surface area contributed by atoms with Crippen molar-refractivity contribution in [2.75, 3.05) is 0 Å². The third kappa shape index (κ3) is 3.36. The van der Waals surface area contributed by atoms with Gasteiger partial charge in [-0.1, -0.05) is 10.2 Å². The summed E-state index contributed by atoms with van der Waals surface area (Å²) in [6.45, 7) is 0. The average Bonchev–Trinajstić information content (AvgIpc) is 3.31. The van der Waals surface area contributed by atoms with E-state index in [0.717, 1.165) is 19.3 Å². The summed E-state index contributed by atoms with van der Waals surface area (Å²) in [5.74, 6) is -1.50. The molecule has 0 saturated carbocycles.